The van der Waals surface area contributed by atoms with Crippen molar-refractivity contribution in [3.8, 4) is 0 Å². The minimum atomic E-state index is 0.00141. The van der Waals surface area contributed by atoms with Crippen LogP contribution < -0.4 is 4.90 Å². The quantitative estimate of drug-likeness (QED) is 0.716. The van der Waals surface area contributed by atoms with Crippen LogP contribution >= 0.6 is 11.3 Å². The van der Waals surface area contributed by atoms with E-state index in [9.17, 15) is 4.79 Å². The molecule has 1 saturated heterocycles. The predicted molar refractivity (Wildman–Crippen MR) is 118 cm³/mol. The molecule has 0 unspecified atom stereocenters. The van der Waals surface area contributed by atoms with E-state index in [1.165, 1.54) is 54.4 Å². The molecule has 4 bridgehead atoms. The van der Waals surface area contributed by atoms with E-state index in [-0.39, 0.29) is 5.41 Å². The Morgan fingerprint density at radius 3 is 2.24 bits per heavy atom. The lowest BCUT2D eigenvalue weighted by Crippen LogP contribution is -2.58. The fourth-order valence-electron chi connectivity index (χ4n) is 7.30. The summed E-state index contributed by atoms with van der Waals surface area (Å²) in [7, 11) is 0. The van der Waals surface area contributed by atoms with Gasteiger partial charge in [0.1, 0.15) is 0 Å². The average molecular weight is 410 g/mol. The lowest BCUT2D eigenvalue weighted by molar-refractivity contribution is -0.158. The fraction of sp³-hybridized carbons (Fsp3) is 0.667. The second kappa shape index (κ2) is 6.44. The maximum atomic E-state index is 13.6. The van der Waals surface area contributed by atoms with E-state index < -0.39 is 0 Å². The molecule has 7 rings (SSSR count). The predicted octanol–water partition coefficient (Wildman–Crippen LogP) is 4.78. The Kier molecular flexibility index (Phi) is 4.03. The van der Waals surface area contributed by atoms with Crippen LogP contribution in [0.3, 0.4) is 0 Å². The first-order valence-corrected chi connectivity index (χ1v) is 12.2. The molecule has 5 heteroatoms. The van der Waals surface area contributed by atoms with Gasteiger partial charge in [0, 0.05) is 26.2 Å². The number of thiazole rings is 1. The van der Waals surface area contributed by atoms with Crippen molar-refractivity contribution < 1.29 is 4.79 Å². The highest BCUT2D eigenvalue weighted by Crippen LogP contribution is 2.60. The van der Waals surface area contributed by atoms with Gasteiger partial charge in [0.25, 0.3) is 0 Å². The molecule has 2 heterocycles. The van der Waals surface area contributed by atoms with Crippen LogP contribution in [0.15, 0.2) is 12.1 Å². The van der Waals surface area contributed by atoms with Crippen LogP contribution in [0, 0.1) is 37.0 Å². The summed E-state index contributed by atoms with van der Waals surface area (Å²) in [6.45, 7) is 7.84. The molecule has 0 N–H and O–H groups in total. The maximum absolute atomic E-state index is 13.6. The summed E-state index contributed by atoms with van der Waals surface area (Å²) < 4.78 is 1.28. The van der Waals surface area contributed by atoms with E-state index in [0.29, 0.717) is 5.91 Å². The molecule has 154 valence electrons. The standard InChI is InChI=1S/C24H31N3OS/c1-15-7-16(2)21-20(8-15)29-23(25-21)27-5-3-26(4-6-27)22(28)24-12-17-9-18(13-24)11-19(10-17)14-24/h7-8,17-19H,3-6,9-14H2,1-2H3. The summed E-state index contributed by atoms with van der Waals surface area (Å²) in [4.78, 5) is 23.1. The zero-order valence-corrected chi connectivity index (χ0v) is 18.4. The SMILES string of the molecule is Cc1cc(C)c2nc(N3CCN(C(=O)C45CC6CC(CC(C6)C4)C5)CC3)sc2c1. The first-order chi connectivity index (χ1) is 14.0. The number of aryl methyl sites for hydroxylation is 2. The molecular weight excluding hydrogens is 378 g/mol. The first kappa shape index (κ1) is 18.2. The van der Waals surface area contributed by atoms with Crippen molar-refractivity contribution >= 4 is 32.6 Å². The minimum Gasteiger partial charge on any atom is -0.345 e. The van der Waals surface area contributed by atoms with Gasteiger partial charge >= 0.3 is 0 Å². The highest BCUT2D eigenvalue weighted by atomic mass is 32.1. The largest absolute Gasteiger partial charge is 0.345 e. The number of rotatable bonds is 2. The average Bonchev–Trinajstić information content (AvgIpc) is 3.11. The van der Waals surface area contributed by atoms with Gasteiger partial charge in [0.2, 0.25) is 5.91 Å². The van der Waals surface area contributed by atoms with Crippen LogP contribution in [-0.4, -0.2) is 42.0 Å². The van der Waals surface area contributed by atoms with Gasteiger partial charge < -0.3 is 9.80 Å². The van der Waals surface area contributed by atoms with Crippen LogP contribution in [-0.2, 0) is 4.79 Å². The normalized spacial score (nSPS) is 33.7. The third kappa shape index (κ3) is 2.91. The fourth-order valence-corrected chi connectivity index (χ4v) is 8.50. The molecule has 4 saturated carbocycles. The molecule has 1 aromatic heterocycles. The van der Waals surface area contributed by atoms with Gasteiger partial charge in [0.15, 0.2) is 5.13 Å². The molecular formula is C24H31N3OS. The molecule has 4 aliphatic carbocycles. The van der Waals surface area contributed by atoms with Gasteiger partial charge in [-0.1, -0.05) is 17.4 Å². The van der Waals surface area contributed by atoms with Crippen LogP contribution in [0.25, 0.3) is 10.2 Å². The van der Waals surface area contributed by atoms with E-state index in [2.05, 4.69) is 35.8 Å². The number of hydrogen-bond donors (Lipinski definition) is 0. The number of hydrogen-bond acceptors (Lipinski definition) is 4. The van der Waals surface area contributed by atoms with Crippen LogP contribution in [0.4, 0.5) is 5.13 Å². The third-order valence-corrected chi connectivity index (χ3v) is 9.21. The summed E-state index contributed by atoms with van der Waals surface area (Å²) in [6.07, 6.45) is 7.72. The van der Waals surface area contributed by atoms with Gasteiger partial charge in [-0.25, -0.2) is 4.98 Å². The summed E-state index contributed by atoms with van der Waals surface area (Å²) in [5.74, 6) is 3.00. The number of amides is 1. The Morgan fingerprint density at radius 2 is 1.62 bits per heavy atom. The molecule has 1 amide bonds. The molecule has 5 aliphatic rings. The van der Waals surface area contributed by atoms with Crippen molar-refractivity contribution in [1.82, 2.24) is 9.88 Å². The van der Waals surface area contributed by atoms with Gasteiger partial charge in [-0.15, -0.1) is 0 Å². The Morgan fingerprint density at radius 1 is 1.00 bits per heavy atom. The number of anilines is 1. The Bertz CT molecular complexity index is 937. The topological polar surface area (TPSA) is 36.4 Å². The van der Waals surface area contributed by atoms with Gasteiger partial charge in [-0.05, 0) is 87.3 Å². The Labute approximate surface area is 177 Å². The van der Waals surface area contributed by atoms with Crippen molar-refractivity contribution in [2.45, 2.75) is 52.4 Å². The highest BCUT2D eigenvalue weighted by Gasteiger charge is 2.55. The molecule has 1 aliphatic heterocycles. The van der Waals surface area contributed by atoms with E-state index in [1.807, 2.05) is 0 Å². The third-order valence-electron chi connectivity index (χ3n) is 8.15. The summed E-state index contributed by atoms with van der Waals surface area (Å²) in [5, 5.41) is 1.12. The monoisotopic (exact) mass is 409 g/mol. The second-order valence-corrected chi connectivity index (χ2v) is 11.4. The first-order valence-electron chi connectivity index (χ1n) is 11.4. The van der Waals surface area contributed by atoms with E-state index in [4.69, 9.17) is 4.98 Å². The van der Waals surface area contributed by atoms with E-state index >= 15 is 0 Å². The number of nitrogens with zero attached hydrogens (tertiary/aromatic N) is 3. The Balaban J connectivity index is 1.17. The lowest BCUT2D eigenvalue weighted by Gasteiger charge is -2.57. The number of aromatic nitrogens is 1. The number of benzene rings is 1. The molecule has 1 aromatic carbocycles. The number of fused-ring (bicyclic) bond motifs is 1. The van der Waals surface area contributed by atoms with Gasteiger partial charge in [-0.3, -0.25) is 4.79 Å². The highest BCUT2D eigenvalue weighted by molar-refractivity contribution is 7.22. The zero-order valence-electron chi connectivity index (χ0n) is 17.6. The van der Waals surface area contributed by atoms with Gasteiger partial charge in [0.05, 0.1) is 15.6 Å². The van der Waals surface area contributed by atoms with Crippen molar-refractivity contribution in [1.29, 1.82) is 0 Å². The van der Waals surface area contributed by atoms with Gasteiger partial charge in [-0.2, -0.15) is 0 Å². The zero-order chi connectivity index (χ0) is 19.8. The lowest BCUT2D eigenvalue weighted by atomic mass is 9.49. The van der Waals surface area contributed by atoms with Crippen LogP contribution in [0.2, 0.25) is 0 Å². The molecule has 0 radical (unpaired) electrons. The Hall–Kier alpha value is -1.62. The molecule has 29 heavy (non-hydrogen) atoms. The van der Waals surface area contributed by atoms with Crippen molar-refractivity contribution in [2.24, 2.45) is 23.2 Å². The number of carbonyl (C=O) groups excluding carboxylic acids is 1. The summed E-state index contributed by atoms with van der Waals surface area (Å²) in [5.41, 5.74) is 3.71. The second-order valence-electron chi connectivity index (χ2n) is 10.4. The molecule has 2 aromatic rings. The van der Waals surface area contributed by atoms with Crippen molar-refractivity contribution in [2.75, 3.05) is 31.1 Å². The summed E-state index contributed by atoms with van der Waals surface area (Å²) >= 11 is 1.80. The smallest absolute Gasteiger partial charge is 0.228 e. The molecule has 0 spiro atoms. The van der Waals surface area contributed by atoms with Crippen molar-refractivity contribution in [3.63, 3.8) is 0 Å². The number of piperazine rings is 1. The van der Waals surface area contributed by atoms with Crippen LogP contribution in [0.1, 0.15) is 49.7 Å². The van der Waals surface area contributed by atoms with Crippen LogP contribution in [0.5, 0.6) is 0 Å². The molecule has 0 atom stereocenters. The minimum absolute atomic E-state index is 0.00141. The van der Waals surface area contributed by atoms with Crippen molar-refractivity contribution in [3.05, 3.63) is 23.3 Å². The number of carbonyl (C=O) groups is 1. The molecule has 4 nitrogen and oxygen atoms in total. The molecule has 5 fully saturated rings. The summed E-state index contributed by atoms with van der Waals surface area (Å²) in [6, 6.07) is 4.46. The maximum Gasteiger partial charge on any atom is 0.228 e. The van der Waals surface area contributed by atoms with E-state index in [1.54, 1.807) is 11.3 Å². The van der Waals surface area contributed by atoms with E-state index in [0.717, 1.165) is 54.6 Å².